The number of amides is 1. The Morgan fingerprint density at radius 1 is 0.917 bits per heavy atom. The first kappa shape index (κ1) is 15.7. The minimum atomic E-state index is 0.410. The Morgan fingerprint density at radius 2 is 1.50 bits per heavy atom. The Bertz CT molecular complexity index is 455. The van der Waals surface area contributed by atoms with Crippen LogP contribution < -0.4 is 5.32 Å². The molecule has 0 spiro atoms. The van der Waals surface area contributed by atoms with E-state index in [2.05, 4.69) is 10.2 Å². The number of hydrogen-bond acceptors (Lipinski definition) is 2. The summed E-state index contributed by atoms with van der Waals surface area (Å²) in [6.07, 6.45) is 14.6. The monoisotopic (exact) mass is 330 g/mol. The van der Waals surface area contributed by atoms with Crippen molar-refractivity contribution in [2.24, 2.45) is 29.1 Å². The van der Waals surface area contributed by atoms with E-state index in [-0.39, 0.29) is 0 Å². The Balaban J connectivity index is 1.13. The fourth-order valence-corrected chi connectivity index (χ4v) is 6.93. The molecule has 0 unspecified atom stereocenters. The summed E-state index contributed by atoms with van der Waals surface area (Å²) in [7, 11) is 0. The summed E-state index contributed by atoms with van der Waals surface area (Å²) >= 11 is 0. The average molecular weight is 331 g/mol. The van der Waals surface area contributed by atoms with E-state index in [0.29, 0.717) is 17.4 Å². The van der Waals surface area contributed by atoms with Gasteiger partial charge in [0.2, 0.25) is 5.91 Å². The van der Waals surface area contributed by atoms with Crippen molar-refractivity contribution in [2.45, 2.75) is 76.7 Å². The van der Waals surface area contributed by atoms with E-state index in [1.54, 1.807) is 0 Å². The number of piperidine rings is 1. The van der Waals surface area contributed by atoms with Gasteiger partial charge in [-0.15, -0.1) is 0 Å². The molecule has 6 rings (SSSR count). The van der Waals surface area contributed by atoms with Gasteiger partial charge in [-0.25, -0.2) is 0 Å². The number of carbonyl (C=O) groups is 1. The summed E-state index contributed by atoms with van der Waals surface area (Å²) in [6.45, 7) is 3.20. The molecule has 1 saturated heterocycles. The molecule has 24 heavy (non-hydrogen) atoms. The molecule has 0 atom stereocenters. The molecule has 5 saturated carbocycles. The van der Waals surface area contributed by atoms with Crippen LogP contribution in [0.2, 0.25) is 0 Å². The van der Waals surface area contributed by atoms with Crippen molar-refractivity contribution < 1.29 is 4.79 Å². The van der Waals surface area contributed by atoms with Gasteiger partial charge in [-0.2, -0.15) is 0 Å². The Morgan fingerprint density at radius 3 is 2.04 bits per heavy atom. The fraction of sp³-hybridized carbons (Fsp3) is 0.952. The lowest BCUT2D eigenvalue weighted by Gasteiger charge is -2.57. The zero-order chi connectivity index (χ0) is 16.1. The van der Waals surface area contributed by atoms with Crippen molar-refractivity contribution >= 4 is 5.91 Å². The third kappa shape index (κ3) is 3.13. The molecule has 0 aromatic rings. The number of hydrogen-bond donors (Lipinski definition) is 1. The van der Waals surface area contributed by atoms with E-state index in [4.69, 9.17) is 0 Å². The molecule has 1 aliphatic heterocycles. The first-order chi connectivity index (χ1) is 11.7. The highest BCUT2D eigenvalue weighted by atomic mass is 16.2. The third-order valence-electron chi connectivity index (χ3n) is 7.93. The molecule has 3 nitrogen and oxygen atoms in total. The van der Waals surface area contributed by atoms with Crippen molar-refractivity contribution in [2.75, 3.05) is 19.6 Å². The van der Waals surface area contributed by atoms with Crippen LogP contribution in [0.3, 0.4) is 0 Å². The van der Waals surface area contributed by atoms with Crippen molar-refractivity contribution in [3.05, 3.63) is 0 Å². The topological polar surface area (TPSA) is 32.3 Å². The number of carbonyl (C=O) groups excluding carboxylic acids is 1. The van der Waals surface area contributed by atoms with Crippen LogP contribution in [0.25, 0.3) is 0 Å². The van der Waals surface area contributed by atoms with Gasteiger partial charge in [-0.1, -0.05) is 0 Å². The molecule has 6 aliphatic rings. The summed E-state index contributed by atoms with van der Waals surface area (Å²) in [4.78, 5) is 15.2. The summed E-state index contributed by atoms with van der Waals surface area (Å²) < 4.78 is 0. The van der Waals surface area contributed by atoms with Gasteiger partial charge in [0.05, 0.1) is 0 Å². The van der Waals surface area contributed by atoms with Gasteiger partial charge >= 0.3 is 0 Å². The SMILES string of the molecule is O=C(CC12CC3CC(CC(C3)C1)C2)N1CCC(NCC2CC2)CC1. The zero-order valence-electron chi connectivity index (χ0n) is 15.1. The molecule has 4 bridgehead atoms. The highest BCUT2D eigenvalue weighted by Crippen LogP contribution is 2.61. The van der Waals surface area contributed by atoms with Gasteiger partial charge in [-0.3, -0.25) is 4.79 Å². The minimum Gasteiger partial charge on any atom is -0.343 e. The first-order valence-electron chi connectivity index (χ1n) is 10.7. The van der Waals surface area contributed by atoms with Gasteiger partial charge in [0.15, 0.2) is 0 Å². The number of likely N-dealkylation sites (tertiary alicyclic amines) is 1. The van der Waals surface area contributed by atoms with E-state index in [0.717, 1.165) is 43.2 Å². The van der Waals surface area contributed by atoms with Gasteiger partial charge in [0.1, 0.15) is 0 Å². The number of nitrogens with zero attached hydrogens (tertiary/aromatic N) is 1. The molecular formula is C21H34N2O. The molecule has 3 heteroatoms. The highest BCUT2D eigenvalue weighted by molar-refractivity contribution is 5.77. The molecule has 134 valence electrons. The Kier molecular flexibility index (Phi) is 3.92. The zero-order valence-corrected chi connectivity index (χ0v) is 15.1. The molecule has 1 amide bonds. The van der Waals surface area contributed by atoms with Crippen LogP contribution in [0.5, 0.6) is 0 Å². The lowest BCUT2D eigenvalue weighted by molar-refractivity contribution is -0.140. The number of nitrogens with one attached hydrogen (secondary N) is 1. The largest absolute Gasteiger partial charge is 0.343 e. The fourth-order valence-electron chi connectivity index (χ4n) is 6.93. The molecule has 1 heterocycles. The summed E-state index contributed by atoms with van der Waals surface area (Å²) in [5, 5.41) is 3.73. The smallest absolute Gasteiger partial charge is 0.223 e. The van der Waals surface area contributed by atoms with Crippen LogP contribution in [0.1, 0.15) is 70.6 Å². The van der Waals surface area contributed by atoms with Crippen LogP contribution in [0.4, 0.5) is 0 Å². The van der Waals surface area contributed by atoms with Crippen LogP contribution in [0.15, 0.2) is 0 Å². The van der Waals surface area contributed by atoms with Crippen molar-refractivity contribution in [3.63, 3.8) is 0 Å². The van der Waals surface area contributed by atoms with E-state index in [1.807, 2.05) is 0 Å². The standard InChI is InChI=1S/C21H34N2O/c24-20(23-5-3-19(4-6-23)22-14-15-1-2-15)13-21-10-16-7-17(11-21)9-18(8-16)12-21/h15-19,22H,1-14H2. The molecule has 1 N–H and O–H groups in total. The first-order valence-corrected chi connectivity index (χ1v) is 10.7. The van der Waals surface area contributed by atoms with Gasteiger partial charge in [0, 0.05) is 25.6 Å². The maximum absolute atomic E-state index is 13.0. The van der Waals surface area contributed by atoms with Gasteiger partial charge in [-0.05, 0) is 99.8 Å². The summed E-state index contributed by atoms with van der Waals surface area (Å²) in [5.74, 6) is 4.32. The van der Waals surface area contributed by atoms with Gasteiger partial charge < -0.3 is 10.2 Å². The summed E-state index contributed by atoms with van der Waals surface area (Å²) in [5.41, 5.74) is 0.410. The van der Waals surface area contributed by atoms with Crippen LogP contribution >= 0.6 is 0 Å². The lowest BCUT2D eigenvalue weighted by Crippen LogP contribution is -2.50. The van der Waals surface area contributed by atoms with Crippen LogP contribution in [-0.2, 0) is 4.79 Å². The second-order valence-electron chi connectivity index (χ2n) is 10.1. The van der Waals surface area contributed by atoms with Gasteiger partial charge in [0.25, 0.3) is 0 Å². The molecule has 0 aromatic heterocycles. The summed E-state index contributed by atoms with van der Waals surface area (Å²) in [6, 6.07) is 0.661. The molecule has 0 aromatic carbocycles. The molecule has 6 fully saturated rings. The molecule has 5 aliphatic carbocycles. The average Bonchev–Trinajstić information content (AvgIpc) is 3.36. The predicted octanol–water partition coefficient (Wildman–Crippen LogP) is 3.58. The van der Waals surface area contributed by atoms with Crippen LogP contribution in [-0.4, -0.2) is 36.5 Å². The lowest BCUT2D eigenvalue weighted by atomic mass is 9.49. The quantitative estimate of drug-likeness (QED) is 0.835. The molecular weight excluding hydrogens is 296 g/mol. The minimum absolute atomic E-state index is 0.410. The maximum atomic E-state index is 13.0. The van der Waals surface area contributed by atoms with Crippen molar-refractivity contribution in [1.29, 1.82) is 0 Å². The normalized spacial score (nSPS) is 41.8. The maximum Gasteiger partial charge on any atom is 0.223 e. The Labute approximate surface area is 146 Å². The van der Waals surface area contributed by atoms with E-state index >= 15 is 0 Å². The van der Waals surface area contributed by atoms with E-state index in [9.17, 15) is 4.79 Å². The molecule has 0 radical (unpaired) electrons. The second-order valence-corrected chi connectivity index (χ2v) is 10.1. The van der Waals surface area contributed by atoms with E-state index in [1.165, 1.54) is 70.8 Å². The predicted molar refractivity (Wildman–Crippen MR) is 95.6 cm³/mol. The van der Waals surface area contributed by atoms with E-state index < -0.39 is 0 Å². The second kappa shape index (κ2) is 6.00. The van der Waals surface area contributed by atoms with Crippen molar-refractivity contribution in [1.82, 2.24) is 10.2 Å². The highest BCUT2D eigenvalue weighted by Gasteiger charge is 2.51. The van der Waals surface area contributed by atoms with Crippen molar-refractivity contribution in [3.8, 4) is 0 Å². The van der Waals surface area contributed by atoms with Crippen LogP contribution in [0, 0.1) is 29.1 Å². The third-order valence-corrected chi connectivity index (χ3v) is 7.93. The Hall–Kier alpha value is -0.570. The number of rotatable bonds is 5.